The van der Waals surface area contributed by atoms with E-state index in [1.165, 1.54) is 0 Å². The molecule has 5 nitrogen and oxygen atoms in total. The standard InChI is InChI=1S/C16H23NO4/c1-4-5-6-14(16(19)20)17-15(18)11(2)12-7-9-13(21-3)10-8-12/h7-11,14H,4-6H2,1-3H3,(H,17,18)(H,19,20). The Bertz CT molecular complexity index is 470. The molecule has 5 heteroatoms. The number of unbranched alkanes of at least 4 members (excludes halogenated alkanes) is 1. The summed E-state index contributed by atoms with van der Waals surface area (Å²) in [5, 5.41) is 11.7. The van der Waals surface area contributed by atoms with Crippen LogP contribution in [0.4, 0.5) is 0 Å². The van der Waals surface area contributed by atoms with Crippen LogP contribution in [-0.4, -0.2) is 30.1 Å². The summed E-state index contributed by atoms with van der Waals surface area (Å²) in [6.45, 7) is 3.75. The summed E-state index contributed by atoms with van der Waals surface area (Å²) in [6, 6.07) is 6.36. The Kier molecular flexibility index (Phi) is 6.72. The zero-order chi connectivity index (χ0) is 15.8. The van der Waals surface area contributed by atoms with Crippen LogP contribution >= 0.6 is 0 Å². The first kappa shape index (κ1) is 17.0. The summed E-state index contributed by atoms with van der Waals surface area (Å²) in [6.07, 6.45) is 2.12. The van der Waals surface area contributed by atoms with Crippen molar-refractivity contribution in [3.8, 4) is 5.75 Å². The van der Waals surface area contributed by atoms with Crippen molar-refractivity contribution >= 4 is 11.9 Å². The summed E-state index contributed by atoms with van der Waals surface area (Å²) in [5.41, 5.74) is 0.827. The lowest BCUT2D eigenvalue weighted by atomic mass is 9.99. The number of carbonyl (C=O) groups excluding carboxylic acids is 1. The molecule has 0 aliphatic carbocycles. The average Bonchev–Trinajstić information content (AvgIpc) is 2.50. The normalized spacial score (nSPS) is 13.3. The molecule has 0 saturated heterocycles. The number of carboxylic acid groups (broad SMARTS) is 1. The molecule has 1 aromatic carbocycles. The van der Waals surface area contributed by atoms with Crippen LogP contribution in [0.15, 0.2) is 24.3 Å². The van der Waals surface area contributed by atoms with Crippen LogP contribution in [-0.2, 0) is 9.59 Å². The minimum Gasteiger partial charge on any atom is -0.497 e. The number of methoxy groups -OCH3 is 1. The summed E-state index contributed by atoms with van der Waals surface area (Å²) in [5.74, 6) is -0.945. The lowest BCUT2D eigenvalue weighted by Crippen LogP contribution is -2.42. The minimum absolute atomic E-state index is 0.274. The van der Waals surface area contributed by atoms with Gasteiger partial charge < -0.3 is 15.2 Å². The molecule has 0 bridgehead atoms. The van der Waals surface area contributed by atoms with Crippen molar-refractivity contribution in [2.75, 3.05) is 7.11 Å². The molecule has 0 aliphatic heterocycles. The molecule has 0 spiro atoms. The summed E-state index contributed by atoms with van der Waals surface area (Å²) < 4.78 is 5.07. The second-order valence-electron chi connectivity index (χ2n) is 5.04. The van der Waals surface area contributed by atoms with E-state index in [2.05, 4.69) is 5.32 Å². The molecule has 1 rings (SSSR count). The molecule has 0 radical (unpaired) electrons. The van der Waals surface area contributed by atoms with Gasteiger partial charge in [0.1, 0.15) is 11.8 Å². The number of ether oxygens (including phenoxy) is 1. The van der Waals surface area contributed by atoms with Gasteiger partial charge in [0.25, 0.3) is 0 Å². The Morgan fingerprint density at radius 3 is 2.38 bits per heavy atom. The van der Waals surface area contributed by atoms with Gasteiger partial charge in [0.2, 0.25) is 5.91 Å². The Labute approximate surface area is 125 Å². The predicted octanol–water partition coefficient (Wildman–Crippen LogP) is 2.56. The van der Waals surface area contributed by atoms with Crippen LogP contribution in [0.2, 0.25) is 0 Å². The van der Waals surface area contributed by atoms with Crippen molar-refractivity contribution in [1.29, 1.82) is 0 Å². The van der Waals surface area contributed by atoms with Crippen molar-refractivity contribution in [3.63, 3.8) is 0 Å². The largest absolute Gasteiger partial charge is 0.497 e. The van der Waals surface area contributed by atoms with E-state index in [0.717, 1.165) is 24.2 Å². The quantitative estimate of drug-likeness (QED) is 0.772. The fourth-order valence-corrected chi connectivity index (χ4v) is 2.01. The van der Waals surface area contributed by atoms with E-state index in [0.29, 0.717) is 6.42 Å². The molecule has 2 N–H and O–H groups in total. The number of carbonyl (C=O) groups is 2. The van der Waals surface area contributed by atoms with Crippen molar-refractivity contribution in [2.45, 2.75) is 45.1 Å². The maximum Gasteiger partial charge on any atom is 0.326 e. The van der Waals surface area contributed by atoms with E-state index < -0.39 is 17.9 Å². The number of benzene rings is 1. The summed E-state index contributed by atoms with van der Waals surface area (Å²) >= 11 is 0. The molecular weight excluding hydrogens is 270 g/mol. The van der Waals surface area contributed by atoms with Gasteiger partial charge in [-0.15, -0.1) is 0 Å². The van der Waals surface area contributed by atoms with Crippen LogP contribution in [0.5, 0.6) is 5.75 Å². The first-order valence-corrected chi connectivity index (χ1v) is 7.16. The summed E-state index contributed by atoms with van der Waals surface area (Å²) in [4.78, 5) is 23.3. The minimum atomic E-state index is -0.987. The molecule has 2 atom stereocenters. The molecular formula is C16H23NO4. The Morgan fingerprint density at radius 1 is 1.29 bits per heavy atom. The number of amides is 1. The van der Waals surface area contributed by atoms with Gasteiger partial charge in [-0.2, -0.15) is 0 Å². The maximum atomic E-state index is 12.2. The van der Waals surface area contributed by atoms with Crippen LogP contribution < -0.4 is 10.1 Å². The van der Waals surface area contributed by atoms with Crippen molar-refractivity contribution < 1.29 is 19.4 Å². The van der Waals surface area contributed by atoms with Gasteiger partial charge in [-0.05, 0) is 31.0 Å². The first-order chi connectivity index (χ1) is 9.99. The number of hydrogen-bond acceptors (Lipinski definition) is 3. The van der Waals surface area contributed by atoms with Gasteiger partial charge in [0.15, 0.2) is 0 Å². The van der Waals surface area contributed by atoms with E-state index in [-0.39, 0.29) is 5.91 Å². The van der Waals surface area contributed by atoms with E-state index in [1.54, 1.807) is 26.2 Å². The second kappa shape index (κ2) is 8.29. The smallest absolute Gasteiger partial charge is 0.326 e. The number of carboxylic acids is 1. The second-order valence-corrected chi connectivity index (χ2v) is 5.04. The monoisotopic (exact) mass is 293 g/mol. The van der Waals surface area contributed by atoms with E-state index in [1.807, 2.05) is 19.1 Å². The molecule has 21 heavy (non-hydrogen) atoms. The van der Waals surface area contributed by atoms with Gasteiger partial charge in [-0.25, -0.2) is 4.79 Å². The third kappa shape index (κ3) is 5.10. The molecule has 1 aromatic rings. The lowest BCUT2D eigenvalue weighted by molar-refractivity contribution is -0.142. The number of rotatable bonds is 8. The number of nitrogens with one attached hydrogen (secondary N) is 1. The maximum absolute atomic E-state index is 12.2. The number of hydrogen-bond donors (Lipinski definition) is 2. The van der Waals surface area contributed by atoms with E-state index in [9.17, 15) is 9.59 Å². The van der Waals surface area contributed by atoms with Gasteiger partial charge in [-0.1, -0.05) is 31.9 Å². The highest BCUT2D eigenvalue weighted by Crippen LogP contribution is 2.19. The fraction of sp³-hybridized carbons (Fsp3) is 0.500. The van der Waals surface area contributed by atoms with E-state index in [4.69, 9.17) is 9.84 Å². The molecule has 0 aliphatic rings. The van der Waals surface area contributed by atoms with E-state index >= 15 is 0 Å². The molecule has 116 valence electrons. The van der Waals surface area contributed by atoms with Gasteiger partial charge in [0.05, 0.1) is 13.0 Å². The van der Waals surface area contributed by atoms with Gasteiger partial charge >= 0.3 is 5.97 Å². The SMILES string of the molecule is CCCCC(NC(=O)C(C)c1ccc(OC)cc1)C(=O)O. The zero-order valence-corrected chi connectivity index (χ0v) is 12.8. The van der Waals surface area contributed by atoms with Crippen LogP contribution in [0, 0.1) is 0 Å². The molecule has 1 amide bonds. The first-order valence-electron chi connectivity index (χ1n) is 7.16. The number of aliphatic carboxylic acids is 1. The van der Waals surface area contributed by atoms with Gasteiger partial charge in [-0.3, -0.25) is 4.79 Å². The highest BCUT2D eigenvalue weighted by molar-refractivity contribution is 5.87. The van der Waals surface area contributed by atoms with Crippen LogP contribution in [0.3, 0.4) is 0 Å². The van der Waals surface area contributed by atoms with Crippen molar-refractivity contribution in [2.24, 2.45) is 0 Å². The molecule has 0 saturated carbocycles. The molecule has 0 aromatic heterocycles. The molecule has 0 fully saturated rings. The molecule has 0 heterocycles. The lowest BCUT2D eigenvalue weighted by Gasteiger charge is -2.18. The topological polar surface area (TPSA) is 75.6 Å². The third-order valence-corrected chi connectivity index (χ3v) is 3.47. The highest BCUT2D eigenvalue weighted by atomic mass is 16.5. The third-order valence-electron chi connectivity index (χ3n) is 3.47. The predicted molar refractivity (Wildman–Crippen MR) is 80.5 cm³/mol. The Balaban J connectivity index is 2.69. The zero-order valence-electron chi connectivity index (χ0n) is 12.8. The van der Waals surface area contributed by atoms with Crippen molar-refractivity contribution in [3.05, 3.63) is 29.8 Å². The fourth-order valence-electron chi connectivity index (χ4n) is 2.01. The highest BCUT2D eigenvalue weighted by Gasteiger charge is 2.23. The van der Waals surface area contributed by atoms with Crippen LogP contribution in [0.25, 0.3) is 0 Å². The Hall–Kier alpha value is -2.04. The summed E-state index contributed by atoms with van der Waals surface area (Å²) in [7, 11) is 1.58. The molecule has 2 unspecified atom stereocenters. The Morgan fingerprint density at radius 2 is 1.90 bits per heavy atom. The van der Waals surface area contributed by atoms with Crippen LogP contribution in [0.1, 0.15) is 44.6 Å². The van der Waals surface area contributed by atoms with Crippen molar-refractivity contribution in [1.82, 2.24) is 5.32 Å². The van der Waals surface area contributed by atoms with Gasteiger partial charge in [0, 0.05) is 0 Å². The average molecular weight is 293 g/mol.